The summed E-state index contributed by atoms with van der Waals surface area (Å²) in [6.07, 6.45) is 3.10. The number of anilines is 1. The normalized spacial score (nSPS) is 17.8. The fraction of sp³-hybridized carbons (Fsp3) is 0.500. The van der Waals surface area contributed by atoms with Crippen LogP contribution in [0.25, 0.3) is 5.76 Å². The van der Waals surface area contributed by atoms with Gasteiger partial charge in [-0.25, -0.2) is 4.79 Å². The number of hydrogen-bond acceptors (Lipinski definition) is 7. The molecule has 31 heavy (non-hydrogen) atoms. The Bertz CT molecular complexity index is 894. The number of benzene rings is 1. The van der Waals surface area contributed by atoms with Crippen LogP contribution in [0.3, 0.4) is 0 Å². The van der Waals surface area contributed by atoms with Gasteiger partial charge in [-0.2, -0.15) is 0 Å². The van der Waals surface area contributed by atoms with Crippen LogP contribution in [0.5, 0.6) is 0 Å². The van der Waals surface area contributed by atoms with Crippen LogP contribution in [-0.2, 0) is 9.53 Å². The van der Waals surface area contributed by atoms with Crippen molar-refractivity contribution in [1.82, 2.24) is 0 Å². The Morgan fingerprint density at radius 3 is 2.61 bits per heavy atom. The maximum atomic E-state index is 12.3. The summed E-state index contributed by atoms with van der Waals surface area (Å²) < 4.78 is 5.01. The molecule has 3 rings (SSSR count). The molecule has 0 radical (unpaired) electrons. The third-order valence-electron chi connectivity index (χ3n) is 5.19. The van der Waals surface area contributed by atoms with Crippen molar-refractivity contribution in [3.05, 3.63) is 38.4 Å². The largest absolute Gasteiger partial charge is 1.00 e. The lowest BCUT2D eigenvalue weighted by Crippen LogP contribution is -3.12. The third-order valence-corrected chi connectivity index (χ3v) is 5.50. The van der Waals surface area contributed by atoms with Crippen LogP contribution in [0.1, 0.15) is 25.3 Å². The average Bonchev–Trinajstić information content (AvgIpc) is 3.53. The van der Waals surface area contributed by atoms with Crippen LogP contribution in [0.4, 0.5) is 11.4 Å². The summed E-state index contributed by atoms with van der Waals surface area (Å²) in [5.74, 6) is -1.25. The van der Waals surface area contributed by atoms with Gasteiger partial charge in [0.05, 0.1) is 55.8 Å². The van der Waals surface area contributed by atoms with Gasteiger partial charge in [0.1, 0.15) is 17.0 Å². The van der Waals surface area contributed by atoms with E-state index in [4.69, 9.17) is 16.3 Å². The van der Waals surface area contributed by atoms with Crippen molar-refractivity contribution in [2.75, 3.05) is 44.7 Å². The highest BCUT2D eigenvalue weighted by atomic mass is 35.5. The summed E-state index contributed by atoms with van der Waals surface area (Å²) in [5, 5.41) is 22.7. The minimum atomic E-state index is -0.760. The molecule has 1 saturated carbocycles. The monoisotopic (exact) mass is 472 g/mol. The van der Waals surface area contributed by atoms with Gasteiger partial charge >= 0.3 is 5.97 Å². The molecule has 0 spiro atoms. The molecule has 9 nitrogen and oxygen atoms in total. The first kappa shape index (κ1) is 24.9. The first-order chi connectivity index (χ1) is 14.3. The molecular weight excluding hydrogens is 447 g/mol. The number of aliphatic hydroxyl groups excluding tert-OH is 1. The third kappa shape index (κ3) is 6.09. The van der Waals surface area contributed by atoms with Crippen LogP contribution in [0.2, 0.25) is 5.02 Å². The van der Waals surface area contributed by atoms with Gasteiger partial charge < -0.3 is 32.1 Å². The average molecular weight is 473 g/mol. The predicted octanol–water partition coefficient (Wildman–Crippen LogP) is -1.35. The van der Waals surface area contributed by atoms with Crippen LogP contribution < -0.4 is 22.2 Å². The Balaban J connectivity index is 0.00000341. The van der Waals surface area contributed by atoms with Crippen molar-refractivity contribution in [2.45, 2.75) is 25.8 Å². The summed E-state index contributed by atoms with van der Waals surface area (Å²) in [6.45, 7) is 4.79. The number of piperazine rings is 1. The molecule has 1 aliphatic carbocycles. The van der Waals surface area contributed by atoms with E-state index in [0.717, 1.165) is 25.9 Å². The molecule has 1 aromatic carbocycles. The van der Waals surface area contributed by atoms with Crippen molar-refractivity contribution in [3.63, 3.8) is 0 Å². The fourth-order valence-corrected chi connectivity index (χ4v) is 3.48. The number of hydrogen-bond donors (Lipinski definition) is 2. The molecule has 0 amide bonds. The Labute approximate surface area is 191 Å². The van der Waals surface area contributed by atoms with Crippen LogP contribution in [0, 0.1) is 10.1 Å². The molecular formula is C20H26Cl2N4O5. The summed E-state index contributed by atoms with van der Waals surface area (Å²) in [5.41, 5.74) is 0.0503. The Morgan fingerprint density at radius 2 is 2.06 bits per heavy atom. The first-order valence-corrected chi connectivity index (χ1v) is 10.4. The van der Waals surface area contributed by atoms with E-state index >= 15 is 0 Å². The van der Waals surface area contributed by atoms with Crippen molar-refractivity contribution in [2.24, 2.45) is 4.99 Å². The Morgan fingerprint density at radius 1 is 1.42 bits per heavy atom. The molecule has 0 unspecified atom stereocenters. The van der Waals surface area contributed by atoms with Crippen LogP contribution >= 0.6 is 11.6 Å². The lowest BCUT2D eigenvalue weighted by atomic mass is 10.1. The van der Waals surface area contributed by atoms with Crippen LogP contribution in [0.15, 0.2) is 22.7 Å². The SMILES string of the molecule is CCOC(=O)/C(C=NC1CC1)=C(/O)c1cc([N+](=O)[O-])c(N2CC[NH+](C)CC2)cc1Cl.[Cl-]. The Hall–Kier alpha value is -2.36. The molecule has 0 bridgehead atoms. The molecule has 0 aromatic heterocycles. The maximum Gasteiger partial charge on any atom is 0.343 e. The highest BCUT2D eigenvalue weighted by Gasteiger charge is 2.28. The number of nitro benzene ring substituents is 1. The second-order valence-corrected chi connectivity index (χ2v) is 7.92. The van der Waals surface area contributed by atoms with Gasteiger partial charge in [0.2, 0.25) is 0 Å². The van der Waals surface area contributed by atoms with E-state index in [0.29, 0.717) is 18.8 Å². The predicted molar refractivity (Wildman–Crippen MR) is 115 cm³/mol. The molecule has 1 saturated heterocycles. The van der Waals surface area contributed by atoms with Gasteiger partial charge in [-0.1, -0.05) is 11.6 Å². The highest BCUT2D eigenvalue weighted by molar-refractivity contribution is 6.33. The summed E-state index contributed by atoms with van der Waals surface area (Å²) >= 11 is 6.40. The second kappa shape index (κ2) is 10.8. The van der Waals surface area contributed by atoms with Gasteiger partial charge in [0, 0.05) is 17.8 Å². The van der Waals surface area contributed by atoms with Gasteiger partial charge in [0.15, 0.2) is 0 Å². The van der Waals surface area contributed by atoms with E-state index in [1.54, 1.807) is 6.92 Å². The Kier molecular flexibility index (Phi) is 8.67. The number of likely N-dealkylation sites (N-methyl/N-ethyl adjacent to an activating group) is 1. The van der Waals surface area contributed by atoms with Gasteiger partial charge in [0.25, 0.3) is 5.69 Å². The fourth-order valence-electron chi connectivity index (χ4n) is 3.23. The minimum Gasteiger partial charge on any atom is -1.00 e. The molecule has 11 heteroatoms. The summed E-state index contributed by atoms with van der Waals surface area (Å²) in [6, 6.07) is 2.81. The number of esters is 1. The van der Waals surface area contributed by atoms with E-state index < -0.39 is 16.7 Å². The number of nitro groups is 1. The lowest BCUT2D eigenvalue weighted by molar-refractivity contribution is -0.880. The summed E-state index contributed by atoms with van der Waals surface area (Å²) in [7, 11) is 2.07. The molecule has 1 aromatic rings. The van der Waals surface area contributed by atoms with Gasteiger partial charge in [-0.05, 0) is 25.8 Å². The number of carbonyl (C=O) groups is 1. The van der Waals surface area contributed by atoms with E-state index in [2.05, 4.69) is 12.0 Å². The molecule has 1 heterocycles. The molecule has 2 fully saturated rings. The molecule has 0 atom stereocenters. The van der Waals surface area contributed by atoms with Gasteiger partial charge in [-0.15, -0.1) is 0 Å². The van der Waals surface area contributed by atoms with Gasteiger partial charge in [-0.3, -0.25) is 15.1 Å². The quantitative estimate of drug-likeness (QED) is 0.127. The topological polar surface area (TPSA) is 110 Å². The van der Waals surface area contributed by atoms with Crippen LogP contribution in [-0.4, -0.2) is 68.1 Å². The molecule has 2 aliphatic rings. The number of carbonyl (C=O) groups excluding carboxylic acids is 1. The number of halogens is 2. The first-order valence-electron chi connectivity index (χ1n) is 9.99. The molecule has 1 aliphatic heterocycles. The van der Waals surface area contributed by atoms with Crippen molar-refractivity contribution < 1.29 is 36.9 Å². The summed E-state index contributed by atoms with van der Waals surface area (Å²) in [4.78, 5) is 31.1. The van der Waals surface area contributed by atoms with E-state index in [1.165, 1.54) is 23.2 Å². The smallest absolute Gasteiger partial charge is 0.343 e. The number of rotatable bonds is 7. The zero-order chi connectivity index (χ0) is 21.8. The number of aliphatic imine (C=N–C) groups is 1. The highest BCUT2D eigenvalue weighted by Crippen LogP contribution is 2.37. The zero-order valence-electron chi connectivity index (χ0n) is 17.4. The standard InChI is InChI=1S/C20H25ClN4O5.ClH/c1-3-30-20(27)15(12-22-13-4-5-13)19(26)14-10-18(25(28)29)17(11-16(14)21)24-8-6-23(2)7-9-24;/h10-13,26H,3-9H2,1-2H3;1H/b19-15+,22-12?;. The number of quaternary nitrogens is 1. The van der Waals surface area contributed by atoms with E-state index in [1.807, 2.05) is 4.90 Å². The molecule has 170 valence electrons. The second-order valence-electron chi connectivity index (χ2n) is 7.51. The molecule has 2 N–H and O–H groups in total. The minimum absolute atomic E-state index is 0. The van der Waals surface area contributed by atoms with E-state index in [-0.39, 0.29) is 46.9 Å². The van der Waals surface area contributed by atoms with E-state index in [9.17, 15) is 20.0 Å². The number of aliphatic hydroxyl groups is 1. The lowest BCUT2D eigenvalue weighted by Gasteiger charge is -2.31. The van der Waals surface area contributed by atoms with Crippen molar-refractivity contribution in [3.8, 4) is 0 Å². The number of nitrogens with one attached hydrogen (secondary N) is 1. The van der Waals surface area contributed by atoms with Crippen molar-refractivity contribution >= 4 is 40.9 Å². The van der Waals surface area contributed by atoms with Crippen molar-refractivity contribution in [1.29, 1.82) is 0 Å². The zero-order valence-corrected chi connectivity index (χ0v) is 18.9. The number of ether oxygens (including phenoxy) is 1. The maximum absolute atomic E-state index is 12.3. The number of nitrogens with zero attached hydrogens (tertiary/aromatic N) is 3.